The van der Waals surface area contributed by atoms with Crippen LogP contribution in [-0.4, -0.2) is 90.1 Å². The maximum Gasteiger partial charge on any atom is 0.326 e. The maximum absolute atomic E-state index is 13.4. The fourth-order valence-electron chi connectivity index (χ4n) is 4.03. The van der Waals surface area contributed by atoms with E-state index in [0.717, 1.165) is 10.9 Å². The molecule has 3 aromatic rings. The van der Waals surface area contributed by atoms with E-state index in [1.54, 1.807) is 30.5 Å². The molecule has 2 aromatic heterocycles. The quantitative estimate of drug-likeness (QED) is 0.101. The van der Waals surface area contributed by atoms with Gasteiger partial charge >= 0.3 is 17.9 Å². The van der Waals surface area contributed by atoms with Crippen molar-refractivity contribution in [1.29, 1.82) is 0 Å². The number of aromatic amines is 2. The van der Waals surface area contributed by atoms with E-state index in [2.05, 4.69) is 30.9 Å². The van der Waals surface area contributed by atoms with Crippen LogP contribution < -0.4 is 21.7 Å². The number of nitrogens with two attached hydrogens (primary N) is 1. The summed E-state index contributed by atoms with van der Waals surface area (Å²) in [6.45, 7) is 0. The molecule has 4 unspecified atom stereocenters. The molecule has 0 bridgehead atoms. The molecular formula is C25H29N7O9. The average Bonchev–Trinajstić information content (AvgIpc) is 3.56. The standard InChI is InChI=1S/C25H29N7O9/c26-15(7-20(33)34)22(37)30-18(8-21(35)36)24(39)31-17(5-12-9-28-16-4-2-1-3-14(12)16)23(38)32-19(25(40)41)6-13-10-27-11-29-13/h1-4,9-11,15,17-19,28H,5-8,26H2,(H,27,29)(H,30,37)(H,31,39)(H,32,38)(H,33,34)(H,35,36)(H,40,41). The van der Waals surface area contributed by atoms with Crippen LogP contribution in [0.2, 0.25) is 0 Å². The molecule has 0 aliphatic carbocycles. The molecule has 0 aliphatic rings. The summed E-state index contributed by atoms with van der Waals surface area (Å²) in [6, 6.07) is 0.996. The number of H-pyrrole nitrogens is 2. The third-order valence-corrected chi connectivity index (χ3v) is 6.07. The highest BCUT2D eigenvalue weighted by Gasteiger charge is 2.32. The van der Waals surface area contributed by atoms with Crippen LogP contribution in [0.5, 0.6) is 0 Å². The van der Waals surface area contributed by atoms with Crippen LogP contribution in [0.1, 0.15) is 24.1 Å². The van der Waals surface area contributed by atoms with Crippen LogP contribution in [0.25, 0.3) is 10.9 Å². The summed E-state index contributed by atoms with van der Waals surface area (Å²) < 4.78 is 0. The summed E-state index contributed by atoms with van der Waals surface area (Å²) in [4.78, 5) is 82.7. The van der Waals surface area contributed by atoms with E-state index < -0.39 is 72.6 Å². The molecule has 0 aliphatic heterocycles. The Hall–Kier alpha value is -5.25. The summed E-state index contributed by atoms with van der Waals surface area (Å²) in [5.74, 6) is -7.27. The second-order valence-corrected chi connectivity index (χ2v) is 9.17. The van der Waals surface area contributed by atoms with Crippen molar-refractivity contribution < 1.29 is 44.1 Å². The fraction of sp³-hybridized carbons (Fsp3) is 0.320. The number of amides is 3. The van der Waals surface area contributed by atoms with Gasteiger partial charge in [-0.05, 0) is 11.6 Å². The van der Waals surface area contributed by atoms with Gasteiger partial charge in [0.15, 0.2) is 0 Å². The minimum atomic E-state index is -1.72. The Morgan fingerprint density at radius 3 is 2.07 bits per heavy atom. The van der Waals surface area contributed by atoms with Crippen molar-refractivity contribution in [3.05, 3.63) is 54.2 Å². The largest absolute Gasteiger partial charge is 0.481 e. The lowest BCUT2D eigenvalue weighted by Gasteiger charge is -2.24. The number of para-hydroxylation sites is 1. The summed E-state index contributed by atoms with van der Waals surface area (Å²) in [5.41, 5.74) is 7.28. The Morgan fingerprint density at radius 2 is 1.44 bits per heavy atom. The summed E-state index contributed by atoms with van der Waals surface area (Å²) in [7, 11) is 0. The normalized spacial score (nSPS) is 13.9. The van der Waals surface area contributed by atoms with Crippen molar-refractivity contribution in [2.75, 3.05) is 0 Å². The molecule has 16 heteroatoms. The Kier molecular flexibility index (Phi) is 10.1. The molecule has 0 fully saturated rings. The van der Waals surface area contributed by atoms with E-state index in [4.69, 9.17) is 10.8 Å². The molecule has 1 aromatic carbocycles. The van der Waals surface area contributed by atoms with Gasteiger partial charge in [-0.2, -0.15) is 0 Å². The first-order chi connectivity index (χ1) is 19.4. The monoisotopic (exact) mass is 571 g/mol. The number of aromatic nitrogens is 3. The number of carboxylic acid groups (broad SMARTS) is 3. The van der Waals surface area contributed by atoms with Crippen molar-refractivity contribution >= 4 is 46.5 Å². The zero-order chi connectivity index (χ0) is 30.1. The van der Waals surface area contributed by atoms with Crippen LogP contribution in [0.4, 0.5) is 0 Å². The van der Waals surface area contributed by atoms with Gasteiger partial charge in [0, 0.05) is 41.8 Å². The smallest absolute Gasteiger partial charge is 0.326 e. The number of hydrogen-bond acceptors (Lipinski definition) is 8. The van der Waals surface area contributed by atoms with Gasteiger partial charge in [0.25, 0.3) is 0 Å². The number of aliphatic carboxylic acids is 3. The number of nitrogens with zero attached hydrogens (tertiary/aromatic N) is 1. The SMILES string of the molecule is NC(CC(=O)O)C(=O)NC(CC(=O)O)C(=O)NC(Cc1c[nH]c2ccccc12)C(=O)NC(Cc1cnc[nH]1)C(=O)O. The molecule has 0 spiro atoms. The highest BCUT2D eigenvalue weighted by atomic mass is 16.4. The van der Waals surface area contributed by atoms with Gasteiger partial charge < -0.3 is 47.0 Å². The Labute approximate surface area is 231 Å². The molecular weight excluding hydrogens is 542 g/mol. The van der Waals surface area contributed by atoms with Gasteiger partial charge in [-0.25, -0.2) is 9.78 Å². The fourth-order valence-corrected chi connectivity index (χ4v) is 4.03. The molecule has 218 valence electrons. The third kappa shape index (κ3) is 8.62. The minimum absolute atomic E-state index is 0.135. The van der Waals surface area contributed by atoms with E-state index in [9.17, 15) is 39.0 Å². The minimum Gasteiger partial charge on any atom is -0.481 e. The van der Waals surface area contributed by atoms with E-state index >= 15 is 0 Å². The average molecular weight is 572 g/mol. The van der Waals surface area contributed by atoms with E-state index in [1.807, 2.05) is 0 Å². The molecule has 3 amide bonds. The first kappa shape index (κ1) is 30.3. The molecule has 0 radical (unpaired) electrons. The third-order valence-electron chi connectivity index (χ3n) is 6.07. The van der Waals surface area contributed by atoms with Gasteiger partial charge in [-0.3, -0.25) is 24.0 Å². The number of benzene rings is 1. The summed E-state index contributed by atoms with van der Waals surface area (Å²) >= 11 is 0. The zero-order valence-corrected chi connectivity index (χ0v) is 21.5. The van der Waals surface area contributed by atoms with Crippen LogP contribution >= 0.6 is 0 Å². The first-order valence-corrected chi connectivity index (χ1v) is 12.3. The molecule has 41 heavy (non-hydrogen) atoms. The second kappa shape index (κ2) is 13.7. The van der Waals surface area contributed by atoms with Crippen molar-refractivity contribution in [3.63, 3.8) is 0 Å². The molecule has 4 atom stereocenters. The lowest BCUT2D eigenvalue weighted by Crippen LogP contribution is -2.58. The predicted octanol–water partition coefficient (Wildman–Crippen LogP) is -1.51. The number of imidazole rings is 1. The van der Waals surface area contributed by atoms with Crippen LogP contribution in [0, 0.1) is 0 Å². The molecule has 0 saturated heterocycles. The van der Waals surface area contributed by atoms with Gasteiger partial charge in [0.2, 0.25) is 17.7 Å². The molecule has 2 heterocycles. The van der Waals surface area contributed by atoms with Crippen LogP contribution in [0.15, 0.2) is 43.0 Å². The number of rotatable bonds is 15. The first-order valence-electron chi connectivity index (χ1n) is 12.3. The number of carboxylic acids is 3. The van der Waals surface area contributed by atoms with Crippen LogP contribution in [0.3, 0.4) is 0 Å². The number of carbonyl (C=O) groups is 6. The van der Waals surface area contributed by atoms with E-state index in [0.29, 0.717) is 11.3 Å². The lowest BCUT2D eigenvalue weighted by molar-refractivity contribution is -0.143. The zero-order valence-electron chi connectivity index (χ0n) is 21.5. The Balaban J connectivity index is 1.86. The van der Waals surface area contributed by atoms with Crippen molar-refractivity contribution in [2.24, 2.45) is 5.73 Å². The lowest BCUT2D eigenvalue weighted by atomic mass is 10.0. The van der Waals surface area contributed by atoms with Crippen molar-refractivity contribution in [1.82, 2.24) is 30.9 Å². The Bertz CT molecular complexity index is 1420. The number of fused-ring (bicyclic) bond motifs is 1. The van der Waals surface area contributed by atoms with Gasteiger partial charge in [-0.1, -0.05) is 18.2 Å². The summed E-state index contributed by atoms with van der Waals surface area (Å²) in [6.07, 6.45) is 2.38. The summed E-state index contributed by atoms with van der Waals surface area (Å²) in [5, 5.41) is 35.4. The molecule has 16 nitrogen and oxygen atoms in total. The highest BCUT2D eigenvalue weighted by Crippen LogP contribution is 2.19. The number of nitrogens with one attached hydrogen (secondary N) is 5. The topological polar surface area (TPSA) is 270 Å². The Morgan fingerprint density at radius 1 is 0.805 bits per heavy atom. The van der Waals surface area contributed by atoms with Gasteiger partial charge in [0.05, 0.1) is 25.2 Å². The second-order valence-electron chi connectivity index (χ2n) is 9.17. The van der Waals surface area contributed by atoms with E-state index in [-0.39, 0.29) is 12.8 Å². The van der Waals surface area contributed by atoms with Crippen LogP contribution in [-0.2, 0) is 41.6 Å². The molecule has 3 rings (SSSR count). The van der Waals surface area contributed by atoms with Gasteiger partial charge in [0.1, 0.15) is 18.1 Å². The van der Waals surface area contributed by atoms with Crippen molar-refractivity contribution in [3.8, 4) is 0 Å². The van der Waals surface area contributed by atoms with Crippen molar-refractivity contribution in [2.45, 2.75) is 49.9 Å². The molecule has 0 saturated carbocycles. The highest BCUT2D eigenvalue weighted by molar-refractivity contribution is 5.96. The number of hydrogen-bond donors (Lipinski definition) is 9. The van der Waals surface area contributed by atoms with E-state index in [1.165, 1.54) is 12.5 Å². The number of carbonyl (C=O) groups excluding carboxylic acids is 3. The maximum atomic E-state index is 13.4. The predicted molar refractivity (Wildman–Crippen MR) is 140 cm³/mol. The molecule has 10 N–H and O–H groups in total. The van der Waals surface area contributed by atoms with Gasteiger partial charge in [-0.15, -0.1) is 0 Å².